The number of phenolic OH excluding ortho intramolecular Hbond substituents is 1. The van der Waals surface area contributed by atoms with E-state index < -0.39 is 0 Å². The van der Waals surface area contributed by atoms with Gasteiger partial charge in [-0.05, 0) is 54.8 Å². The molecule has 0 fully saturated rings. The van der Waals surface area contributed by atoms with E-state index in [2.05, 4.69) is 5.32 Å². The highest BCUT2D eigenvalue weighted by Gasteiger charge is 2.29. The number of aryl methyl sites for hydroxylation is 2. The first-order valence-electron chi connectivity index (χ1n) is 6.92. The predicted octanol–water partition coefficient (Wildman–Crippen LogP) is 2.89. The molecule has 2 aromatic carbocycles. The highest BCUT2D eigenvalue weighted by Crippen LogP contribution is 2.34. The van der Waals surface area contributed by atoms with Gasteiger partial charge in [0.1, 0.15) is 11.9 Å². The Hall–Kier alpha value is -2.49. The third-order valence-electron chi connectivity index (χ3n) is 4.01. The largest absolute Gasteiger partial charge is 0.507 e. The van der Waals surface area contributed by atoms with E-state index in [4.69, 9.17) is 0 Å². The molecule has 2 aromatic rings. The summed E-state index contributed by atoms with van der Waals surface area (Å²) < 4.78 is 0. The normalized spacial score (nSPS) is 17.4. The van der Waals surface area contributed by atoms with E-state index in [1.54, 1.807) is 0 Å². The van der Waals surface area contributed by atoms with Crippen LogP contribution in [-0.4, -0.2) is 18.1 Å². The van der Waals surface area contributed by atoms with Crippen LogP contribution in [0.3, 0.4) is 0 Å². The number of para-hydroxylation sites is 1. The molecule has 3 rings (SSSR count). The first-order valence-corrected chi connectivity index (χ1v) is 6.92. The Morgan fingerprint density at radius 3 is 2.43 bits per heavy atom. The van der Waals surface area contributed by atoms with Crippen LogP contribution in [0.4, 0.5) is 5.69 Å². The number of phenols is 1. The van der Waals surface area contributed by atoms with Crippen LogP contribution in [0.2, 0.25) is 0 Å². The van der Waals surface area contributed by atoms with Crippen LogP contribution in [-0.2, 0) is 0 Å². The fourth-order valence-electron chi connectivity index (χ4n) is 2.87. The van der Waals surface area contributed by atoms with Crippen LogP contribution in [0.1, 0.15) is 33.2 Å². The molecule has 1 amide bonds. The summed E-state index contributed by atoms with van der Waals surface area (Å²) in [5.74, 6) is 0.237. The van der Waals surface area contributed by atoms with Crippen LogP contribution in [0.15, 0.2) is 36.4 Å². The average Bonchev–Trinajstić information content (AvgIpc) is 2.48. The Labute approximate surface area is 124 Å². The summed E-state index contributed by atoms with van der Waals surface area (Å²) in [6.07, 6.45) is -0.231. The lowest BCUT2D eigenvalue weighted by Crippen LogP contribution is -2.44. The van der Waals surface area contributed by atoms with Crippen molar-refractivity contribution in [1.82, 2.24) is 5.32 Å². The third kappa shape index (κ3) is 2.13. The molecule has 4 nitrogen and oxygen atoms in total. The van der Waals surface area contributed by atoms with Gasteiger partial charge in [0.15, 0.2) is 0 Å². The molecule has 0 radical (unpaired) electrons. The van der Waals surface area contributed by atoms with Crippen LogP contribution in [0.25, 0.3) is 0 Å². The number of nitrogens with one attached hydrogen (secondary N) is 1. The van der Waals surface area contributed by atoms with Gasteiger partial charge in [0, 0.05) is 7.05 Å². The molecule has 0 saturated carbocycles. The van der Waals surface area contributed by atoms with Crippen molar-refractivity contribution in [3.63, 3.8) is 0 Å². The number of aromatic hydroxyl groups is 1. The van der Waals surface area contributed by atoms with Crippen molar-refractivity contribution >= 4 is 11.6 Å². The summed E-state index contributed by atoms with van der Waals surface area (Å²) >= 11 is 0. The molecule has 21 heavy (non-hydrogen) atoms. The molecule has 0 spiro atoms. The Morgan fingerprint density at radius 1 is 1.14 bits per heavy atom. The maximum absolute atomic E-state index is 12.3. The molecular formula is C17H18N2O2. The zero-order valence-corrected chi connectivity index (χ0v) is 12.3. The first kappa shape index (κ1) is 13.5. The van der Waals surface area contributed by atoms with Gasteiger partial charge in [-0.15, -0.1) is 0 Å². The molecule has 1 unspecified atom stereocenters. The lowest BCUT2D eigenvalue weighted by molar-refractivity contribution is 0.0928. The summed E-state index contributed by atoms with van der Waals surface area (Å²) in [4.78, 5) is 14.3. The minimum absolute atomic E-state index is 0.0721. The fourth-order valence-corrected chi connectivity index (χ4v) is 2.87. The van der Waals surface area contributed by atoms with Crippen molar-refractivity contribution < 1.29 is 9.90 Å². The Morgan fingerprint density at radius 2 is 1.76 bits per heavy atom. The minimum atomic E-state index is -0.231. The number of hydrogen-bond acceptors (Lipinski definition) is 3. The van der Waals surface area contributed by atoms with E-state index in [1.807, 2.05) is 62.2 Å². The van der Waals surface area contributed by atoms with E-state index in [0.29, 0.717) is 11.3 Å². The molecule has 1 heterocycles. The molecule has 2 N–H and O–H groups in total. The van der Waals surface area contributed by atoms with E-state index in [9.17, 15) is 9.90 Å². The molecule has 108 valence electrons. The van der Waals surface area contributed by atoms with Gasteiger partial charge < -0.3 is 15.3 Å². The maximum atomic E-state index is 12.3. The van der Waals surface area contributed by atoms with E-state index in [1.165, 1.54) is 0 Å². The fraction of sp³-hybridized carbons (Fsp3) is 0.235. The molecule has 0 bridgehead atoms. The van der Waals surface area contributed by atoms with Gasteiger partial charge in [0.25, 0.3) is 5.91 Å². The van der Waals surface area contributed by atoms with Crippen molar-refractivity contribution in [3.8, 4) is 5.75 Å². The zero-order chi connectivity index (χ0) is 15.1. The molecule has 1 aliphatic rings. The molecule has 0 aromatic heterocycles. The summed E-state index contributed by atoms with van der Waals surface area (Å²) in [6, 6.07) is 11.4. The number of rotatable bonds is 1. The van der Waals surface area contributed by atoms with Crippen LogP contribution < -0.4 is 10.2 Å². The standard InChI is InChI=1S/C17H18N2O2/c1-10-8-12(9-11(2)15(10)20)16-18-17(21)13-6-4-5-7-14(13)19(16)3/h4-9,16,20H,1-3H3,(H,18,21). The highest BCUT2D eigenvalue weighted by atomic mass is 16.3. The van der Waals surface area contributed by atoms with Gasteiger partial charge in [-0.2, -0.15) is 0 Å². The van der Waals surface area contributed by atoms with Gasteiger partial charge in [0.05, 0.1) is 11.3 Å². The number of carbonyl (C=O) groups is 1. The van der Waals surface area contributed by atoms with Gasteiger partial charge >= 0.3 is 0 Å². The smallest absolute Gasteiger partial charge is 0.255 e. The van der Waals surface area contributed by atoms with E-state index in [0.717, 1.165) is 22.4 Å². The number of anilines is 1. The van der Waals surface area contributed by atoms with Crippen molar-refractivity contribution in [2.75, 3.05) is 11.9 Å². The quantitative estimate of drug-likeness (QED) is 0.845. The second kappa shape index (κ2) is 4.81. The molecule has 0 saturated heterocycles. The summed E-state index contributed by atoms with van der Waals surface area (Å²) in [5.41, 5.74) is 4.18. The topological polar surface area (TPSA) is 52.6 Å². The number of nitrogens with zero attached hydrogens (tertiary/aromatic N) is 1. The number of amides is 1. The average molecular weight is 282 g/mol. The molecule has 4 heteroatoms. The van der Waals surface area contributed by atoms with Crippen LogP contribution >= 0.6 is 0 Å². The molecule has 1 atom stereocenters. The van der Waals surface area contributed by atoms with E-state index >= 15 is 0 Å². The number of carbonyl (C=O) groups excluding carboxylic acids is 1. The lowest BCUT2D eigenvalue weighted by Gasteiger charge is -2.36. The predicted molar refractivity (Wildman–Crippen MR) is 82.6 cm³/mol. The van der Waals surface area contributed by atoms with Gasteiger partial charge in [-0.3, -0.25) is 4.79 Å². The van der Waals surface area contributed by atoms with Crippen molar-refractivity contribution in [2.24, 2.45) is 0 Å². The van der Waals surface area contributed by atoms with Crippen LogP contribution in [0, 0.1) is 13.8 Å². The van der Waals surface area contributed by atoms with Gasteiger partial charge in [-0.25, -0.2) is 0 Å². The Kier molecular flexibility index (Phi) is 3.09. The van der Waals surface area contributed by atoms with Crippen molar-refractivity contribution in [2.45, 2.75) is 20.0 Å². The molecule has 1 aliphatic heterocycles. The first-order chi connectivity index (χ1) is 9.99. The Bertz CT molecular complexity index is 701. The van der Waals surface area contributed by atoms with Crippen molar-refractivity contribution in [1.29, 1.82) is 0 Å². The Balaban J connectivity index is 2.07. The molecule has 0 aliphatic carbocycles. The lowest BCUT2D eigenvalue weighted by atomic mass is 10.00. The number of fused-ring (bicyclic) bond motifs is 1. The van der Waals surface area contributed by atoms with Crippen LogP contribution in [0.5, 0.6) is 5.75 Å². The summed E-state index contributed by atoms with van der Waals surface area (Å²) in [6.45, 7) is 3.73. The number of benzene rings is 2. The van der Waals surface area contributed by atoms with E-state index in [-0.39, 0.29) is 12.1 Å². The van der Waals surface area contributed by atoms with Gasteiger partial charge in [-0.1, -0.05) is 12.1 Å². The number of hydrogen-bond donors (Lipinski definition) is 2. The zero-order valence-electron chi connectivity index (χ0n) is 12.3. The second-order valence-corrected chi connectivity index (χ2v) is 5.51. The SMILES string of the molecule is Cc1cc(C2NC(=O)c3ccccc3N2C)cc(C)c1O. The summed E-state index contributed by atoms with van der Waals surface area (Å²) in [7, 11) is 1.96. The van der Waals surface area contributed by atoms with Gasteiger partial charge in [0.2, 0.25) is 0 Å². The maximum Gasteiger partial charge on any atom is 0.255 e. The van der Waals surface area contributed by atoms with Crippen molar-refractivity contribution in [3.05, 3.63) is 58.7 Å². The third-order valence-corrected chi connectivity index (χ3v) is 4.01. The highest BCUT2D eigenvalue weighted by molar-refractivity contribution is 6.02. The minimum Gasteiger partial charge on any atom is -0.507 e. The molecular weight excluding hydrogens is 264 g/mol. The second-order valence-electron chi connectivity index (χ2n) is 5.51. The summed E-state index contributed by atoms with van der Waals surface area (Å²) in [5, 5.41) is 12.9. The monoisotopic (exact) mass is 282 g/mol.